The van der Waals surface area contributed by atoms with E-state index in [2.05, 4.69) is 10.3 Å². The van der Waals surface area contributed by atoms with Gasteiger partial charge in [-0.1, -0.05) is 0 Å². The number of amides is 1. The first kappa shape index (κ1) is 12.8. The molecule has 2 heterocycles. The molecule has 0 unspecified atom stereocenters. The molecule has 0 aliphatic rings. The number of pyridine rings is 1. The Morgan fingerprint density at radius 3 is 2.56 bits per heavy atom. The van der Waals surface area contributed by atoms with Gasteiger partial charge in [0, 0.05) is 22.7 Å². The van der Waals surface area contributed by atoms with Crippen molar-refractivity contribution in [3.63, 3.8) is 0 Å². The normalized spacial score (nSPS) is 12.2. The molecule has 0 saturated carbocycles. The molecule has 3 nitrogen and oxygen atoms in total. The van der Waals surface area contributed by atoms with E-state index in [9.17, 15) is 4.79 Å². The minimum atomic E-state index is -0.0138. The summed E-state index contributed by atoms with van der Waals surface area (Å²) in [5.74, 6) is -0.0128. The first-order chi connectivity index (χ1) is 8.59. The zero-order chi connectivity index (χ0) is 13.1. The van der Waals surface area contributed by atoms with Crippen LogP contribution in [0.2, 0.25) is 0 Å². The largest absolute Gasteiger partial charge is 0.345 e. The van der Waals surface area contributed by atoms with Crippen molar-refractivity contribution in [3.8, 4) is 0 Å². The van der Waals surface area contributed by atoms with Gasteiger partial charge in [0.1, 0.15) is 0 Å². The Hall–Kier alpha value is -1.68. The van der Waals surface area contributed by atoms with E-state index >= 15 is 0 Å². The van der Waals surface area contributed by atoms with Crippen molar-refractivity contribution in [1.82, 2.24) is 10.3 Å². The number of aromatic nitrogens is 1. The van der Waals surface area contributed by atoms with E-state index < -0.39 is 0 Å². The SMILES string of the molecule is Cc1scc(C(=O)N[C@@H](C)c2ccncc2)c1C. The summed E-state index contributed by atoms with van der Waals surface area (Å²) >= 11 is 1.61. The molecule has 18 heavy (non-hydrogen) atoms. The van der Waals surface area contributed by atoms with E-state index in [-0.39, 0.29) is 11.9 Å². The molecular weight excluding hydrogens is 244 g/mol. The van der Waals surface area contributed by atoms with Gasteiger partial charge in [0.15, 0.2) is 0 Å². The van der Waals surface area contributed by atoms with Crippen LogP contribution in [0, 0.1) is 13.8 Å². The predicted octanol–water partition coefficient (Wildman–Crippen LogP) is 3.25. The Morgan fingerprint density at radius 1 is 1.33 bits per heavy atom. The maximum Gasteiger partial charge on any atom is 0.252 e. The highest BCUT2D eigenvalue weighted by molar-refractivity contribution is 7.10. The van der Waals surface area contributed by atoms with E-state index in [1.165, 1.54) is 4.88 Å². The summed E-state index contributed by atoms with van der Waals surface area (Å²) in [5.41, 5.74) is 2.90. The number of nitrogens with zero attached hydrogens (tertiary/aromatic N) is 1. The molecule has 0 radical (unpaired) electrons. The molecule has 0 aliphatic heterocycles. The second kappa shape index (κ2) is 5.31. The van der Waals surface area contributed by atoms with E-state index in [1.807, 2.05) is 38.3 Å². The number of carbonyl (C=O) groups excluding carboxylic acids is 1. The number of hydrogen-bond donors (Lipinski definition) is 1. The zero-order valence-electron chi connectivity index (χ0n) is 10.7. The molecule has 1 N–H and O–H groups in total. The van der Waals surface area contributed by atoms with Crippen molar-refractivity contribution in [2.24, 2.45) is 0 Å². The lowest BCUT2D eigenvalue weighted by Crippen LogP contribution is -2.26. The number of carbonyl (C=O) groups is 1. The van der Waals surface area contributed by atoms with Crippen LogP contribution in [0.15, 0.2) is 29.9 Å². The highest BCUT2D eigenvalue weighted by Gasteiger charge is 2.15. The van der Waals surface area contributed by atoms with E-state index in [0.717, 1.165) is 16.7 Å². The van der Waals surface area contributed by atoms with E-state index in [0.29, 0.717) is 0 Å². The maximum atomic E-state index is 12.1. The van der Waals surface area contributed by atoms with Crippen molar-refractivity contribution in [1.29, 1.82) is 0 Å². The summed E-state index contributed by atoms with van der Waals surface area (Å²) in [5, 5.41) is 4.92. The lowest BCUT2D eigenvalue weighted by molar-refractivity contribution is 0.0939. The number of aryl methyl sites for hydroxylation is 1. The van der Waals surface area contributed by atoms with Crippen LogP contribution in [-0.2, 0) is 0 Å². The molecule has 0 fully saturated rings. The van der Waals surface area contributed by atoms with E-state index in [4.69, 9.17) is 0 Å². The van der Waals surface area contributed by atoms with Gasteiger partial charge in [0.25, 0.3) is 5.91 Å². The van der Waals surface area contributed by atoms with Gasteiger partial charge in [0.2, 0.25) is 0 Å². The number of thiophene rings is 1. The van der Waals surface area contributed by atoms with Crippen LogP contribution in [-0.4, -0.2) is 10.9 Å². The lowest BCUT2D eigenvalue weighted by Gasteiger charge is -2.14. The highest BCUT2D eigenvalue weighted by atomic mass is 32.1. The number of rotatable bonds is 3. The Bertz CT molecular complexity index is 548. The van der Waals surface area contributed by atoms with Gasteiger partial charge < -0.3 is 5.32 Å². The predicted molar refractivity (Wildman–Crippen MR) is 73.9 cm³/mol. The van der Waals surface area contributed by atoms with Gasteiger partial charge in [-0.15, -0.1) is 11.3 Å². The first-order valence-electron chi connectivity index (χ1n) is 5.85. The molecule has 0 aromatic carbocycles. The van der Waals surface area contributed by atoms with Crippen LogP contribution in [0.5, 0.6) is 0 Å². The Morgan fingerprint density at radius 2 is 2.00 bits per heavy atom. The zero-order valence-corrected chi connectivity index (χ0v) is 11.5. The van der Waals surface area contributed by atoms with Crippen molar-refractivity contribution < 1.29 is 4.79 Å². The molecule has 0 spiro atoms. The molecular formula is C14H16N2OS. The fourth-order valence-electron chi connectivity index (χ4n) is 1.75. The summed E-state index contributed by atoms with van der Waals surface area (Å²) in [7, 11) is 0. The monoisotopic (exact) mass is 260 g/mol. The smallest absolute Gasteiger partial charge is 0.252 e. The molecule has 0 bridgehead atoms. The van der Waals surface area contributed by atoms with Crippen LogP contribution < -0.4 is 5.32 Å². The topological polar surface area (TPSA) is 42.0 Å². The molecule has 2 aromatic rings. The average Bonchev–Trinajstić information content (AvgIpc) is 2.71. The van der Waals surface area contributed by atoms with Gasteiger partial charge in [-0.05, 0) is 44.0 Å². The minimum Gasteiger partial charge on any atom is -0.345 e. The maximum absolute atomic E-state index is 12.1. The van der Waals surface area contributed by atoms with E-state index in [1.54, 1.807) is 23.7 Å². The van der Waals surface area contributed by atoms with Crippen molar-refractivity contribution in [2.75, 3.05) is 0 Å². The quantitative estimate of drug-likeness (QED) is 0.920. The van der Waals surface area contributed by atoms with Crippen LogP contribution in [0.3, 0.4) is 0 Å². The third kappa shape index (κ3) is 2.59. The van der Waals surface area contributed by atoms with Gasteiger partial charge in [0.05, 0.1) is 11.6 Å². The van der Waals surface area contributed by atoms with Crippen molar-refractivity contribution in [2.45, 2.75) is 26.8 Å². The van der Waals surface area contributed by atoms with Gasteiger partial charge >= 0.3 is 0 Å². The molecule has 4 heteroatoms. The highest BCUT2D eigenvalue weighted by Crippen LogP contribution is 2.21. The Balaban J connectivity index is 2.11. The second-order valence-corrected chi connectivity index (χ2v) is 5.39. The summed E-state index contributed by atoms with van der Waals surface area (Å²) in [6, 6.07) is 3.81. The van der Waals surface area contributed by atoms with Gasteiger partial charge in [-0.25, -0.2) is 0 Å². The van der Waals surface area contributed by atoms with Crippen molar-refractivity contribution >= 4 is 17.2 Å². The van der Waals surface area contributed by atoms with Crippen LogP contribution in [0.1, 0.15) is 39.3 Å². The number of nitrogens with one attached hydrogen (secondary N) is 1. The molecule has 2 aromatic heterocycles. The average molecular weight is 260 g/mol. The molecule has 2 rings (SSSR count). The van der Waals surface area contributed by atoms with Gasteiger partial charge in [-0.3, -0.25) is 9.78 Å². The third-order valence-corrected chi connectivity index (χ3v) is 4.10. The summed E-state index contributed by atoms with van der Waals surface area (Å²) in [4.78, 5) is 17.3. The molecule has 0 aliphatic carbocycles. The standard InChI is InChI=1S/C14H16N2OS/c1-9-11(3)18-8-13(9)14(17)16-10(2)12-4-6-15-7-5-12/h4-8,10H,1-3H3,(H,16,17)/t10-/m0/s1. The molecule has 1 atom stereocenters. The lowest BCUT2D eigenvalue weighted by atomic mass is 10.1. The van der Waals surface area contributed by atoms with Crippen LogP contribution in [0.4, 0.5) is 0 Å². The molecule has 1 amide bonds. The summed E-state index contributed by atoms with van der Waals surface area (Å²) < 4.78 is 0. The van der Waals surface area contributed by atoms with Crippen LogP contribution in [0.25, 0.3) is 0 Å². The van der Waals surface area contributed by atoms with Gasteiger partial charge in [-0.2, -0.15) is 0 Å². The molecule has 0 saturated heterocycles. The second-order valence-electron chi connectivity index (χ2n) is 4.31. The van der Waals surface area contributed by atoms with Crippen molar-refractivity contribution in [3.05, 3.63) is 51.5 Å². The third-order valence-electron chi connectivity index (χ3n) is 3.08. The number of hydrogen-bond acceptors (Lipinski definition) is 3. The fraction of sp³-hybridized carbons (Fsp3) is 0.286. The fourth-order valence-corrected chi connectivity index (χ4v) is 2.61. The molecule has 94 valence electrons. The Kier molecular flexibility index (Phi) is 3.77. The Labute approximate surface area is 111 Å². The minimum absolute atomic E-state index is 0.0128. The first-order valence-corrected chi connectivity index (χ1v) is 6.73. The van der Waals surface area contributed by atoms with Crippen LogP contribution >= 0.6 is 11.3 Å². The summed E-state index contributed by atoms with van der Waals surface area (Å²) in [6.45, 7) is 5.99. The summed E-state index contributed by atoms with van der Waals surface area (Å²) in [6.07, 6.45) is 3.47.